The number of carboxylic acids is 1. The Balaban J connectivity index is 2.37. The Morgan fingerprint density at radius 3 is 2.38 bits per heavy atom. The average Bonchev–Trinajstić information content (AvgIpc) is 2.78. The van der Waals surface area contributed by atoms with Crippen molar-refractivity contribution < 1.29 is 19.5 Å². The maximum absolute atomic E-state index is 11.3. The third-order valence-corrected chi connectivity index (χ3v) is 2.75. The lowest BCUT2D eigenvalue weighted by Crippen LogP contribution is -2.40. The number of amides is 2. The van der Waals surface area contributed by atoms with Gasteiger partial charge in [0.25, 0.3) is 0 Å². The minimum Gasteiger partial charge on any atom is -0.480 e. The quantitative estimate of drug-likeness (QED) is 0.447. The molecule has 5 heteroatoms. The lowest BCUT2D eigenvalue weighted by molar-refractivity contribution is -0.155. The van der Waals surface area contributed by atoms with E-state index in [1.165, 1.54) is 0 Å². The number of imide groups is 1. The molecule has 1 aliphatic heterocycles. The van der Waals surface area contributed by atoms with Crippen LogP contribution in [-0.2, 0) is 14.4 Å². The molecule has 1 unspecified atom stereocenters. The number of hydrogen-bond donors (Lipinski definition) is 2. The molecule has 70 valence electrons. The normalized spacial score (nSPS) is 33.2. The van der Waals surface area contributed by atoms with Gasteiger partial charge in [-0.1, -0.05) is 0 Å². The number of aliphatic carboxylic acids is 1. The summed E-state index contributed by atoms with van der Waals surface area (Å²) in [6.45, 7) is 0. The van der Waals surface area contributed by atoms with Crippen LogP contribution < -0.4 is 5.32 Å². The van der Waals surface area contributed by atoms with Crippen LogP contribution in [0.15, 0.2) is 0 Å². The molecule has 1 saturated carbocycles. The van der Waals surface area contributed by atoms with Crippen molar-refractivity contribution in [2.45, 2.75) is 19.3 Å². The minimum absolute atomic E-state index is 0.142. The highest BCUT2D eigenvalue weighted by atomic mass is 16.4. The molecule has 0 aromatic heterocycles. The summed E-state index contributed by atoms with van der Waals surface area (Å²) in [6, 6.07) is 0. The Morgan fingerprint density at radius 2 is 2.08 bits per heavy atom. The first kappa shape index (κ1) is 8.22. The molecule has 2 N–H and O–H groups in total. The zero-order valence-electron chi connectivity index (χ0n) is 6.87. The molecule has 1 saturated heterocycles. The fourth-order valence-corrected chi connectivity index (χ4v) is 1.87. The number of carbonyl (C=O) groups is 3. The standard InChI is InChI=1S/C8H9NO4/c10-5-3-8(7(12)13,4-1-2-4)6(11)9-5/h4H,1-3H2,(H,12,13)(H,9,10,11). The van der Waals surface area contributed by atoms with Crippen LogP contribution in [0, 0.1) is 11.3 Å². The molecule has 2 aliphatic rings. The first-order valence-corrected chi connectivity index (χ1v) is 4.15. The highest BCUT2D eigenvalue weighted by Crippen LogP contribution is 2.50. The van der Waals surface area contributed by atoms with E-state index in [-0.39, 0.29) is 12.3 Å². The zero-order valence-corrected chi connectivity index (χ0v) is 6.87. The van der Waals surface area contributed by atoms with Crippen LogP contribution >= 0.6 is 0 Å². The second kappa shape index (κ2) is 2.31. The van der Waals surface area contributed by atoms with Crippen molar-refractivity contribution in [2.75, 3.05) is 0 Å². The molecule has 0 spiro atoms. The average molecular weight is 183 g/mol. The van der Waals surface area contributed by atoms with E-state index in [2.05, 4.69) is 5.32 Å². The molecular formula is C8H9NO4. The molecule has 0 aromatic carbocycles. The second-order valence-corrected chi connectivity index (χ2v) is 3.60. The zero-order chi connectivity index (χ0) is 9.64. The van der Waals surface area contributed by atoms with Gasteiger partial charge in [-0.25, -0.2) is 0 Å². The predicted molar refractivity (Wildman–Crippen MR) is 40.6 cm³/mol. The van der Waals surface area contributed by atoms with Crippen LogP contribution in [-0.4, -0.2) is 22.9 Å². The van der Waals surface area contributed by atoms with Gasteiger partial charge in [-0.2, -0.15) is 0 Å². The summed E-state index contributed by atoms with van der Waals surface area (Å²) in [5.41, 5.74) is -1.45. The molecule has 0 radical (unpaired) electrons. The molecule has 2 rings (SSSR count). The van der Waals surface area contributed by atoms with Crippen molar-refractivity contribution in [3.63, 3.8) is 0 Å². The van der Waals surface area contributed by atoms with Crippen LogP contribution in [0.1, 0.15) is 19.3 Å². The van der Waals surface area contributed by atoms with Crippen molar-refractivity contribution >= 4 is 17.8 Å². The summed E-state index contributed by atoms with van der Waals surface area (Å²) >= 11 is 0. The fourth-order valence-electron chi connectivity index (χ4n) is 1.87. The van der Waals surface area contributed by atoms with E-state index in [9.17, 15) is 14.4 Å². The van der Waals surface area contributed by atoms with Crippen LogP contribution in [0.25, 0.3) is 0 Å². The second-order valence-electron chi connectivity index (χ2n) is 3.60. The molecule has 5 nitrogen and oxygen atoms in total. The Hall–Kier alpha value is -1.39. The first-order valence-electron chi connectivity index (χ1n) is 4.15. The molecule has 1 aliphatic carbocycles. The largest absolute Gasteiger partial charge is 0.480 e. The Labute approximate surface area is 74.1 Å². The van der Waals surface area contributed by atoms with Gasteiger partial charge in [0.05, 0.1) is 6.42 Å². The highest BCUT2D eigenvalue weighted by Gasteiger charge is 2.61. The number of carbonyl (C=O) groups excluding carboxylic acids is 2. The first-order chi connectivity index (χ1) is 6.07. The number of nitrogens with one attached hydrogen (secondary N) is 1. The van der Waals surface area contributed by atoms with Gasteiger partial charge in [0.1, 0.15) is 0 Å². The molecule has 1 heterocycles. The van der Waals surface area contributed by atoms with E-state index in [1.807, 2.05) is 0 Å². The minimum atomic E-state index is -1.45. The Morgan fingerprint density at radius 1 is 1.46 bits per heavy atom. The van der Waals surface area contributed by atoms with E-state index < -0.39 is 23.2 Å². The number of carboxylic acid groups (broad SMARTS) is 1. The van der Waals surface area contributed by atoms with Crippen molar-refractivity contribution in [1.82, 2.24) is 5.32 Å². The predicted octanol–water partition coefficient (Wildman–Crippen LogP) is -0.486. The van der Waals surface area contributed by atoms with E-state index in [4.69, 9.17) is 5.11 Å². The molecular weight excluding hydrogens is 174 g/mol. The summed E-state index contributed by atoms with van der Waals surface area (Å²) in [5, 5.41) is 11.0. The third-order valence-electron chi connectivity index (χ3n) is 2.75. The van der Waals surface area contributed by atoms with Crippen molar-refractivity contribution in [3.05, 3.63) is 0 Å². The van der Waals surface area contributed by atoms with Gasteiger partial charge in [-0.05, 0) is 18.8 Å². The lowest BCUT2D eigenvalue weighted by atomic mass is 9.81. The van der Waals surface area contributed by atoms with Crippen molar-refractivity contribution in [1.29, 1.82) is 0 Å². The molecule has 13 heavy (non-hydrogen) atoms. The maximum atomic E-state index is 11.3. The number of hydrogen-bond acceptors (Lipinski definition) is 3. The van der Waals surface area contributed by atoms with Crippen LogP contribution in [0.4, 0.5) is 0 Å². The summed E-state index contributed by atoms with van der Waals surface area (Å²) in [6.07, 6.45) is 1.27. The van der Waals surface area contributed by atoms with Crippen molar-refractivity contribution in [3.8, 4) is 0 Å². The number of rotatable bonds is 2. The molecule has 1 atom stereocenters. The Bertz CT molecular complexity index is 307. The van der Waals surface area contributed by atoms with Crippen molar-refractivity contribution in [2.24, 2.45) is 11.3 Å². The fraction of sp³-hybridized carbons (Fsp3) is 0.625. The van der Waals surface area contributed by atoms with Crippen LogP contribution in [0.3, 0.4) is 0 Å². The molecule has 2 amide bonds. The maximum Gasteiger partial charge on any atom is 0.320 e. The monoisotopic (exact) mass is 183 g/mol. The summed E-state index contributed by atoms with van der Waals surface area (Å²) < 4.78 is 0. The summed E-state index contributed by atoms with van der Waals surface area (Å²) in [5.74, 6) is -2.42. The smallest absolute Gasteiger partial charge is 0.320 e. The van der Waals surface area contributed by atoms with Gasteiger partial charge in [0, 0.05) is 0 Å². The molecule has 2 fully saturated rings. The lowest BCUT2D eigenvalue weighted by Gasteiger charge is -2.18. The van der Waals surface area contributed by atoms with E-state index >= 15 is 0 Å². The summed E-state index contributed by atoms with van der Waals surface area (Å²) in [7, 11) is 0. The van der Waals surface area contributed by atoms with Gasteiger partial charge in [0.2, 0.25) is 11.8 Å². The topological polar surface area (TPSA) is 83.5 Å². The Kier molecular flexibility index (Phi) is 1.46. The van der Waals surface area contributed by atoms with E-state index in [1.54, 1.807) is 0 Å². The van der Waals surface area contributed by atoms with Gasteiger partial charge in [0.15, 0.2) is 5.41 Å². The van der Waals surface area contributed by atoms with Gasteiger partial charge < -0.3 is 5.11 Å². The van der Waals surface area contributed by atoms with Crippen LogP contribution in [0.5, 0.6) is 0 Å². The summed E-state index contributed by atoms with van der Waals surface area (Å²) in [4.78, 5) is 33.2. The molecule has 0 bridgehead atoms. The van der Waals surface area contributed by atoms with Gasteiger partial charge in [-0.3, -0.25) is 19.7 Å². The van der Waals surface area contributed by atoms with E-state index in [0.29, 0.717) is 0 Å². The van der Waals surface area contributed by atoms with Gasteiger partial charge in [-0.15, -0.1) is 0 Å². The third kappa shape index (κ3) is 0.961. The molecule has 0 aromatic rings. The van der Waals surface area contributed by atoms with E-state index in [0.717, 1.165) is 12.8 Å². The van der Waals surface area contributed by atoms with Gasteiger partial charge >= 0.3 is 5.97 Å². The van der Waals surface area contributed by atoms with Crippen LogP contribution in [0.2, 0.25) is 0 Å². The highest BCUT2D eigenvalue weighted by molar-refractivity contribution is 6.16. The SMILES string of the molecule is O=C1CC(C(=O)O)(C2CC2)C(=O)N1.